The number of aryl methyl sites for hydroxylation is 1. The summed E-state index contributed by atoms with van der Waals surface area (Å²) in [7, 11) is 0. The fourth-order valence-electron chi connectivity index (χ4n) is 3.50. The number of fused-ring (bicyclic) bond motifs is 1. The van der Waals surface area contributed by atoms with Crippen LogP contribution >= 0.6 is 15.9 Å². The van der Waals surface area contributed by atoms with E-state index in [1.54, 1.807) is 25.1 Å². The summed E-state index contributed by atoms with van der Waals surface area (Å²) >= 11 is 3.35. The monoisotopic (exact) mass is 582 g/mol. The Balaban J connectivity index is 1.78. The lowest BCUT2D eigenvalue weighted by Crippen LogP contribution is -2.22. The van der Waals surface area contributed by atoms with Gasteiger partial charge in [0, 0.05) is 34.7 Å². The summed E-state index contributed by atoms with van der Waals surface area (Å²) in [5, 5.41) is 27.4. The number of nitro benzene ring substituents is 1. The zero-order valence-corrected chi connectivity index (χ0v) is 21.6. The van der Waals surface area contributed by atoms with E-state index >= 15 is 0 Å². The van der Waals surface area contributed by atoms with Gasteiger partial charge in [-0.05, 0) is 31.2 Å². The summed E-state index contributed by atoms with van der Waals surface area (Å²) in [4.78, 5) is 43.0. The van der Waals surface area contributed by atoms with Gasteiger partial charge in [-0.1, -0.05) is 22.9 Å². The zero-order valence-electron chi connectivity index (χ0n) is 20.0. The minimum absolute atomic E-state index is 0.0203. The summed E-state index contributed by atoms with van der Waals surface area (Å²) in [6.07, 6.45) is 2.68. The minimum atomic E-state index is -0.667. The van der Waals surface area contributed by atoms with Gasteiger partial charge in [-0.15, -0.1) is 0 Å². The third-order valence-electron chi connectivity index (χ3n) is 5.21. The molecule has 194 valence electrons. The van der Waals surface area contributed by atoms with E-state index in [2.05, 4.69) is 31.0 Å². The predicted octanol–water partition coefficient (Wildman–Crippen LogP) is 5.01. The maximum Gasteiger partial charge on any atom is 0.316 e. The van der Waals surface area contributed by atoms with Crippen LogP contribution in [0.4, 0.5) is 11.4 Å². The molecular weight excluding hydrogens is 564 g/mol. The molecular formula is C24H19BrN6O7. The highest BCUT2D eigenvalue weighted by Gasteiger charge is 2.24. The molecule has 0 aliphatic heterocycles. The first kappa shape index (κ1) is 26.3. The SMILES string of the molecule is CCOc1cc(C=Nn2c(CC)nc3ccc(Br)cc3c2=O)cc([N+](=O)[O-])c1Oc1ccc([N+](=O)[O-])cn1. The van der Waals surface area contributed by atoms with Crippen LogP contribution in [0, 0.1) is 20.2 Å². The van der Waals surface area contributed by atoms with Crippen molar-refractivity contribution in [1.82, 2.24) is 14.6 Å². The molecule has 0 spiro atoms. The standard InChI is InChI=1S/C24H19BrN6O7/c1-3-21-28-18-7-5-15(25)11-17(18)24(32)29(21)27-12-14-9-19(31(35)36)23(20(10-14)37-4-2)38-22-8-6-16(13-26-22)30(33)34/h5-13H,3-4H2,1-2H3. The van der Waals surface area contributed by atoms with Gasteiger partial charge in [0.1, 0.15) is 12.0 Å². The van der Waals surface area contributed by atoms with Gasteiger partial charge in [0.25, 0.3) is 11.2 Å². The molecule has 0 aliphatic rings. The molecule has 2 aromatic carbocycles. The van der Waals surface area contributed by atoms with Crippen LogP contribution in [0.5, 0.6) is 17.4 Å². The summed E-state index contributed by atoms with van der Waals surface area (Å²) < 4.78 is 13.0. The molecule has 0 atom stereocenters. The number of pyridine rings is 1. The number of halogens is 1. The van der Waals surface area contributed by atoms with Gasteiger partial charge in [-0.3, -0.25) is 25.0 Å². The Morgan fingerprint density at radius 1 is 1.11 bits per heavy atom. The highest BCUT2D eigenvalue weighted by Crippen LogP contribution is 2.40. The van der Waals surface area contributed by atoms with Crippen molar-refractivity contribution in [3.63, 3.8) is 0 Å². The molecule has 0 amide bonds. The molecule has 0 unspecified atom stereocenters. The van der Waals surface area contributed by atoms with Crippen LogP contribution < -0.4 is 15.0 Å². The molecule has 2 aromatic heterocycles. The number of hydrogen-bond donors (Lipinski definition) is 0. The number of aromatic nitrogens is 3. The number of ether oxygens (including phenoxy) is 2. The second-order valence-corrected chi connectivity index (χ2v) is 8.59. The van der Waals surface area contributed by atoms with Gasteiger partial charge in [0.05, 0.1) is 33.6 Å². The molecule has 4 aromatic rings. The molecule has 38 heavy (non-hydrogen) atoms. The normalized spacial score (nSPS) is 11.1. The molecule has 0 saturated carbocycles. The van der Waals surface area contributed by atoms with Crippen molar-refractivity contribution in [2.75, 3.05) is 6.61 Å². The molecule has 2 heterocycles. The lowest BCUT2D eigenvalue weighted by atomic mass is 10.2. The topological polar surface area (TPSA) is 165 Å². The summed E-state index contributed by atoms with van der Waals surface area (Å²) in [6, 6.07) is 10.2. The first-order chi connectivity index (χ1) is 18.2. The number of rotatable bonds is 9. The Morgan fingerprint density at radius 3 is 2.53 bits per heavy atom. The largest absolute Gasteiger partial charge is 0.490 e. The second kappa shape index (κ2) is 11.1. The van der Waals surface area contributed by atoms with E-state index in [1.165, 1.54) is 24.4 Å². The van der Waals surface area contributed by atoms with Gasteiger partial charge in [0.15, 0.2) is 5.75 Å². The van der Waals surface area contributed by atoms with Crippen LogP contribution in [-0.2, 0) is 6.42 Å². The molecule has 0 bridgehead atoms. The van der Waals surface area contributed by atoms with Gasteiger partial charge >= 0.3 is 5.69 Å². The Bertz CT molecular complexity index is 1640. The van der Waals surface area contributed by atoms with Crippen LogP contribution in [0.3, 0.4) is 0 Å². The van der Waals surface area contributed by atoms with Crippen molar-refractivity contribution in [1.29, 1.82) is 0 Å². The molecule has 0 aliphatic carbocycles. The molecule has 0 radical (unpaired) electrons. The fourth-order valence-corrected chi connectivity index (χ4v) is 3.86. The van der Waals surface area contributed by atoms with Crippen molar-refractivity contribution in [3.05, 3.63) is 95.1 Å². The first-order valence-corrected chi connectivity index (χ1v) is 12.0. The molecule has 4 rings (SSSR count). The third-order valence-corrected chi connectivity index (χ3v) is 5.70. The third kappa shape index (κ3) is 5.49. The number of benzene rings is 2. The molecule has 0 fully saturated rings. The quantitative estimate of drug-likeness (QED) is 0.150. The van der Waals surface area contributed by atoms with Crippen molar-refractivity contribution in [3.8, 4) is 17.4 Å². The maximum absolute atomic E-state index is 13.1. The Kier molecular flexibility index (Phi) is 7.71. The molecule has 14 heteroatoms. The van der Waals surface area contributed by atoms with E-state index in [-0.39, 0.29) is 35.2 Å². The zero-order chi connectivity index (χ0) is 27.4. The van der Waals surface area contributed by atoms with Crippen LogP contribution in [0.15, 0.2) is 63.0 Å². The van der Waals surface area contributed by atoms with Crippen molar-refractivity contribution in [2.24, 2.45) is 5.10 Å². The van der Waals surface area contributed by atoms with Crippen molar-refractivity contribution < 1.29 is 19.3 Å². The first-order valence-electron chi connectivity index (χ1n) is 11.2. The highest BCUT2D eigenvalue weighted by molar-refractivity contribution is 9.10. The van der Waals surface area contributed by atoms with Gasteiger partial charge in [-0.2, -0.15) is 9.78 Å². The Labute approximate surface area is 222 Å². The van der Waals surface area contributed by atoms with Crippen molar-refractivity contribution in [2.45, 2.75) is 20.3 Å². The maximum atomic E-state index is 13.1. The van der Waals surface area contributed by atoms with Gasteiger partial charge in [-0.25, -0.2) is 9.97 Å². The fraction of sp³-hybridized carbons (Fsp3) is 0.167. The van der Waals surface area contributed by atoms with Crippen LogP contribution in [0.1, 0.15) is 25.2 Å². The van der Waals surface area contributed by atoms with Crippen LogP contribution in [0.25, 0.3) is 10.9 Å². The van der Waals surface area contributed by atoms with Crippen LogP contribution in [-0.4, -0.2) is 37.3 Å². The van der Waals surface area contributed by atoms with E-state index in [1.807, 2.05) is 6.92 Å². The molecule has 0 saturated heterocycles. The second-order valence-electron chi connectivity index (χ2n) is 7.68. The Morgan fingerprint density at radius 2 is 1.89 bits per heavy atom. The average Bonchev–Trinajstić information content (AvgIpc) is 2.89. The Hall–Kier alpha value is -4.72. The number of nitrogens with zero attached hydrogens (tertiary/aromatic N) is 6. The van der Waals surface area contributed by atoms with E-state index < -0.39 is 21.1 Å². The van der Waals surface area contributed by atoms with E-state index in [0.717, 1.165) is 16.9 Å². The van der Waals surface area contributed by atoms with Gasteiger partial charge < -0.3 is 9.47 Å². The lowest BCUT2D eigenvalue weighted by molar-refractivity contribution is -0.385. The summed E-state index contributed by atoms with van der Waals surface area (Å²) in [6.45, 7) is 3.67. The number of hydrogen-bond acceptors (Lipinski definition) is 10. The highest BCUT2D eigenvalue weighted by atomic mass is 79.9. The predicted molar refractivity (Wildman–Crippen MR) is 141 cm³/mol. The van der Waals surface area contributed by atoms with Crippen molar-refractivity contribution >= 4 is 44.4 Å². The summed E-state index contributed by atoms with van der Waals surface area (Å²) in [5.41, 5.74) is -0.334. The summed E-state index contributed by atoms with van der Waals surface area (Å²) in [5.74, 6) is 0.0873. The van der Waals surface area contributed by atoms with Gasteiger partial charge in [0.2, 0.25) is 11.6 Å². The van der Waals surface area contributed by atoms with E-state index in [9.17, 15) is 25.0 Å². The molecule has 0 N–H and O–H groups in total. The molecule has 13 nitrogen and oxygen atoms in total. The minimum Gasteiger partial charge on any atom is -0.490 e. The lowest BCUT2D eigenvalue weighted by Gasteiger charge is -2.12. The van der Waals surface area contributed by atoms with Crippen LogP contribution in [0.2, 0.25) is 0 Å². The van der Waals surface area contributed by atoms with E-state index in [4.69, 9.17) is 9.47 Å². The number of nitro groups is 2. The average molecular weight is 583 g/mol. The smallest absolute Gasteiger partial charge is 0.316 e. The van der Waals surface area contributed by atoms with E-state index in [0.29, 0.717) is 27.6 Å².